The summed E-state index contributed by atoms with van der Waals surface area (Å²) in [6.45, 7) is 2.78. The number of benzene rings is 1. The lowest BCUT2D eigenvalue weighted by Gasteiger charge is -2.05. The Morgan fingerprint density at radius 2 is 2.08 bits per heavy atom. The first-order valence-corrected chi connectivity index (χ1v) is 9.88. The van der Waals surface area contributed by atoms with Gasteiger partial charge >= 0.3 is 5.69 Å². The second-order valence-corrected chi connectivity index (χ2v) is 7.35. The Balaban J connectivity index is 1.62. The minimum Gasteiger partial charge on any atom is -0.270 e. The van der Waals surface area contributed by atoms with E-state index in [4.69, 9.17) is 0 Å². The van der Waals surface area contributed by atoms with Gasteiger partial charge < -0.3 is 0 Å². The van der Waals surface area contributed by atoms with Gasteiger partial charge in [0.25, 0.3) is 0 Å². The van der Waals surface area contributed by atoms with Gasteiger partial charge in [-0.3, -0.25) is 4.57 Å². The zero-order valence-corrected chi connectivity index (χ0v) is 15.2. The molecule has 0 saturated heterocycles. The maximum Gasteiger partial charge on any atom is 0.343 e. The number of aryl methyl sites for hydroxylation is 2. The van der Waals surface area contributed by atoms with E-state index in [0.29, 0.717) is 6.54 Å². The van der Waals surface area contributed by atoms with E-state index in [1.165, 1.54) is 10.6 Å². The molecule has 5 nitrogen and oxygen atoms in total. The van der Waals surface area contributed by atoms with Crippen LogP contribution in [0, 0.1) is 0 Å². The van der Waals surface area contributed by atoms with Crippen LogP contribution in [-0.4, -0.2) is 19.7 Å². The number of rotatable bonds is 8. The summed E-state index contributed by atoms with van der Waals surface area (Å²) in [6, 6.07) is 10.2. The molecule has 0 fully saturated rings. The second-order valence-electron chi connectivity index (χ2n) is 5.47. The number of nitrogens with zero attached hydrogens (tertiary/aromatic N) is 3. The zero-order valence-electron chi connectivity index (χ0n) is 13.6. The molecule has 3 aromatic rings. The lowest BCUT2D eigenvalue weighted by atomic mass is 10.1. The molecule has 0 atom stereocenters. The van der Waals surface area contributed by atoms with Crippen molar-refractivity contribution in [2.75, 3.05) is 0 Å². The highest BCUT2D eigenvalue weighted by atomic mass is 32.2. The third-order valence-corrected chi connectivity index (χ3v) is 5.57. The quantitative estimate of drug-likeness (QED) is 0.624. The number of aromatic amines is 1. The molecule has 0 bridgehead atoms. The summed E-state index contributed by atoms with van der Waals surface area (Å²) in [5, 5.41) is 10.7. The SMILES string of the molecule is CCCc1nc(CSc2n[nH]c(=O)n2CCc2ccccc2)cs1. The van der Waals surface area contributed by atoms with E-state index in [9.17, 15) is 4.79 Å². The number of thiazole rings is 1. The van der Waals surface area contributed by atoms with Crippen molar-refractivity contribution in [1.29, 1.82) is 0 Å². The maximum atomic E-state index is 12.0. The van der Waals surface area contributed by atoms with Crippen molar-refractivity contribution in [3.63, 3.8) is 0 Å². The topological polar surface area (TPSA) is 63.6 Å². The average molecular weight is 361 g/mol. The average Bonchev–Trinajstić information content (AvgIpc) is 3.19. The van der Waals surface area contributed by atoms with Gasteiger partial charge in [0.1, 0.15) is 0 Å². The van der Waals surface area contributed by atoms with E-state index >= 15 is 0 Å². The van der Waals surface area contributed by atoms with Crippen molar-refractivity contribution in [3.8, 4) is 0 Å². The monoisotopic (exact) mass is 360 g/mol. The minimum absolute atomic E-state index is 0.154. The van der Waals surface area contributed by atoms with Crippen LogP contribution in [0.4, 0.5) is 0 Å². The predicted octanol–water partition coefficient (Wildman–Crippen LogP) is 3.52. The van der Waals surface area contributed by atoms with Crippen molar-refractivity contribution in [2.45, 2.75) is 43.6 Å². The summed E-state index contributed by atoms with van der Waals surface area (Å²) in [4.78, 5) is 16.6. The fourth-order valence-electron chi connectivity index (χ4n) is 2.38. The molecule has 2 heterocycles. The van der Waals surface area contributed by atoms with Crippen LogP contribution in [0.15, 0.2) is 45.7 Å². The highest BCUT2D eigenvalue weighted by Gasteiger charge is 2.10. The Morgan fingerprint density at radius 1 is 1.25 bits per heavy atom. The van der Waals surface area contributed by atoms with Crippen molar-refractivity contribution in [2.24, 2.45) is 0 Å². The molecule has 3 rings (SSSR count). The molecule has 0 spiro atoms. The Morgan fingerprint density at radius 3 is 2.88 bits per heavy atom. The Kier molecular flexibility index (Phi) is 5.87. The van der Waals surface area contributed by atoms with Crippen molar-refractivity contribution < 1.29 is 0 Å². The van der Waals surface area contributed by atoms with Crippen molar-refractivity contribution in [1.82, 2.24) is 19.7 Å². The van der Waals surface area contributed by atoms with Gasteiger partial charge in [-0.15, -0.1) is 16.4 Å². The number of hydrogen-bond donors (Lipinski definition) is 1. The van der Waals surface area contributed by atoms with Crippen molar-refractivity contribution in [3.05, 3.63) is 62.5 Å². The first kappa shape index (κ1) is 17.0. The van der Waals surface area contributed by atoms with Gasteiger partial charge in [0, 0.05) is 17.7 Å². The highest BCUT2D eigenvalue weighted by Crippen LogP contribution is 2.22. The molecule has 0 radical (unpaired) electrons. The van der Waals surface area contributed by atoms with E-state index in [2.05, 4.69) is 39.6 Å². The molecule has 0 unspecified atom stereocenters. The molecular formula is C17H20N4OS2. The molecule has 0 aliphatic rings. The second kappa shape index (κ2) is 8.30. The van der Waals surface area contributed by atoms with Crippen LogP contribution in [0.2, 0.25) is 0 Å². The lowest BCUT2D eigenvalue weighted by molar-refractivity contribution is 0.616. The molecule has 0 aliphatic heterocycles. The molecule has 1 N–H and O–H groups in total. The van der Waals surface area contributed by atoms with Crippen LogP contribution in [0.5, 0.6) is 0 Å². The van der Waals surface area contributed by atoms with Crippen LogP contribution in [0.3, 0.4) is 0 Å². The van der Waals surface area contributed by atoms with Crippen LogP contribution in [0.25, 0.3) is 0 Å². The molecule has 2 aromatic heterocycles. The molecular weight excluding hydrogens is 340 g/mol. The number of thioether (sulfide) groups is 1. The highest BCUT2D eigenvalue weighted by molar-refractivity contribution is 7.98. The number of hydrogen-bond acceptors (Lipinski definition) is 5. The fraction of sp³-hybridized carbons (Fsp3) is 0.353. The number of aromatic nitrogens is 4. The first-order chi connectivity index (χ1) is 11.8. The third kappa shape index (κ3) is 4.36. The zero-order chi connectivity index (χ0) is 16.8. The Labute approximate surface area is 149 Å². The molecule has 126 valence electrons. The molecule has 1 aromatic carbocycles. The van der Waals surface area contributed by atoms with E-state index in [0.717, 1.165) is 35.9 Å². The van der Waals surface area contributed by atoms with Crippen molar-refractivity contribution >= 4 is 23.1 Å². The van der Waals surface area contributed by atoms with Crippen LogP contribution < -0.4 is 5.69 Å². The summed E-state index contributed by atoms with van der Waals surface area (Å²) in [5.41, 5.74) is 2.11. The van der Waals surface area contributed by atoms with Gasteiger partial charge in [0.05, 0.1) is 10.7 Å². The number of nitrogens with one attached hydrogen (secondary N) is 1. The van der Waals surface area contributed by atoms with Gasteiger partial charge in [-0.05, 0) is 24.8 Å². The van der Waals surface area contributed by atoms with Gasteiger partial charge in [-0.1, -0.05) is 49.0 Å². The standard InChI is InChI=1S/C17H20N4OS2/c1-2-6-15-18-14(11-23-15)12-24-17-20-19-16(22)21(17)10-9-13-7-4-3-5-8-13/h3-5,7-8,11H,2,6,9-10,12H2,1H3,(H,19,22). The van der Waals surface area contributed by atoms with Crippen LogP contribution >= 0.6 is 23.1 Å². The summed E-state index contributed by atoms with van der Waals surface area (Å²) >= 11 is 3.26. The molecule has 24 heavy (non-hydrogen) atoms. The molecule has 0 amide bonds. The molecule has 7 heteroatoms. The predicted molar refractivity (Wildman–Crippen MR) is 98.7 cm³/mol. The Hall–Kier alpha value is -1.86. The van der Waals surface area contributed by atoms with Gasteiger partial charge in [-0.2, -0.15) is 0 Å². The van der Waals surface area contributed by atoms with E-state index < -0.39 is 0 Å². The molecule has 0 saturated carbocycles. The van der Waals surface area contributed by atoms with Gasteiger partial charge in [0.2, 0.25) is 0 Å². The number of H-pyrrole nitrogens is 1. The third-order valence-electron chi connectivity index (χ3n) is 3.60. The fourth-order valence-corrected chi connectivity index (χ4v) is 4.25. The normalized spacial score (nSPS) is 11.0. The van der Waals surface area contributed by atoms with Gasteiger partial charge in [-0.25, -0.2) is 14.9 Å². The van der Waals surface area contributed by atoms with E-state index in [1.54, 1.807) is 27.7 Å². The minimum atomic E-state index is -0.154. The van der Waals surface area contributed by atoms with Crippen LogP contribution in [0.1, 0.15) is 29.6 Å². The molecule has 0 aliphatic carbocycles. The lowest BCUT2D eigenvalue weighted by Crippen LogP contribution is -2.18. The largest absolute Gasteiger partial charge is 0.343 e. The summed E-state index contributed by atoms with van der Waals surface area (Å²) in [5.74, 6) is 0.732. The summed E-state index contributed by atoms with van der Waals surface area (Å²) < 4.78 is 1.71. The van der Waals surface area contributed by atoms with Crippen LogP contribution in [-0.2, 0) is 25.1 Å². The van der Waals surface area contributed by atoms with Gasteiger partial charge in [0.15, 0.2) is 5.16 Å². The Bertz CT molecular complexity index is 822. The van der Waals surface area contributed by atoms with E-state index in [-0.39, 0.29) is 5.69 Å². The smallest absolute Gasteiger partial charge is 0.270 e. The summed E-state index contributed by atoms with van der Waals surface area (Å²) in [6.07, 6.45) is 2.95. The van der Waals surface area contributed by atoms with E-state index in [1.807, 2.05) is 18.2 Å². The first-order valence-electron chi connectivity index (χ1n) is 8.01. The maximum absolute atomic E-state index is 12.0. The summed E-state index contributed by atoms with van der Waals surface area (Å²) in [7, 11) is 0.